The molecule has 0 fully saturated rings. The van der Waals surface area contributed by atoms with Crippen molar-refractivity contribution in [2.45, 2.75) is 0 Å². The Labute approximate surface area is 84.9 Å². The van der Waals surface area contributed by atoms with Crippen molar-refractivity contribution in [1.82, 2.24) is 9.55 Å². The van der Waals surface area contributed by atoms with E-state index >= 15 is 0 Å². The van der Waals surface area contributed by atoms with E-state index in [1.54, 1.807) is 6.20 Å². The molecular formula is C9H7ClFN3. The van der Waals surface area contributed by atoms with Gasteiger partial charge in [0.05, 0.1) is 10.7 Å². The normalized spacial score (nSPS) is 10.4. The minimum Gasteiger partial charge on any atom is -0.369 e. The van der Waals surface area contributed by atoms with Crippen LogP contribution in [-0.4, -0.2) is 9.55 Å². The van der Waals surface area contributed by atoms with Crippen molar-refractivity contribution in [2.24, 2.45) is 0 Å². The van der Waals surface area contributed by atoms with E-state index in [1.165, 1.54) is 29.0 Å². The first kappa shape index (κ1) is 9.02. The molecule has 0 aliphatic carbocycles. The number of anilines is 1. The van der Waals surface area contributed by atoms with Gasteiger partial charge in [0.1, 0.15) is 5.82 Å². The maximum Gasteiger partial charge on any atom is 0.204 e. The summed E-state index contributed by atoms with van der Waals surface area (Å²) in [5, 5.41) is 0.427. The van der Waals surface area contributed by atoms with Crippen LogP contribution >= 0.6 is 11.6 Å². The van der Waals surface area contributed by atoms with E-state index in [0.29, 0.717) is 10.7 Å². The lowest BCUT2D eigenvalue weighted by molar-refractivity contribution is 0.626. The first-order valence-electron chi connectivity index (χ1n) is 3.93. The van der Waals surface area contributed by atoms with E-state index < -0.39 is 0 Å². The molecule has 0 spiro atoms. The molecule has 0 saturated carbocycles. The predicted molar refractivity (Wildman–Crippen MR) is 52.9 cm³/mol. The maximum atomic E-state index is 12.9. The van der Waals surface area contributed by atoms with Crippen molar-refractivity contribution < 1.29 is 4.39 Å². The van der Waals surface area contributed by atoms with Gasteiger partial charge in [0.2, 0.25) is 5.95 Å². The van der Waals surface area contributed by atoms with Crippen LogP contribution in [0.1, 0.15) is 0 Å². The average Bonchev–Trinajstić information content (AvgIpc) is 2.56. The SMILES string of the molecule is Nc1nccn1-c1cc(F)ccc1Cl. The lowest BCUT2D eigenvalue weighted by Gasteiger charge is -2.06. The summed E-state index contributed by atoms with van der Waals surface area (Å²) in [5.74, 6) is -0.0880. The first-order valence-corrected chi connectivity index (χ1v) is 4.30. The molecule has 0 saturated heterocycles. The Morgan fingerprint density at radius 1 is 1.43 bits per heavy atom. The van der Waals surface area contributed by atoms with Crippen molar-refractivity contribution in [1.29, 1.82) is 0 Å². The molecule has 0 aliphatic heterocycles. The third-order valence-corrected chi connectivity index (χ3v) is 2.16. The van der Waals surface area contributed by atoms with E-state index in [0.717, 1.165) is 0 Å². The standard InChI is InChI=1S/C9H7ClFN3/c10-7-2-1-6(11)5-8(7)14-4-3-13-9(14)12/h1-5H,(H2,12,13). The summed E-state index contributed by atoms with van der Waals surface area (Å²) in [5.41, 5.74) is 6.05. The van der Waals surface area contributed by atoms with E-state index in [4.69, 9.17) is 17.3 Å². The highest BCUT2D eigenvalue weighted by atomic mass is 35.5. The fourth-order valence-corrected chi connectivity index (χ4v) is 1.40. The quantitative estimate of drug-likeness (QED) is 0.786. The topological polar surface area (TPSA) is 43.8 Å². The third kappa shape index (κ3) is 1.44. The smallest absolute Gasteiger partial charge is 0.204 e. The van der Waals surface area contributed by atoms with Gasteiger partial charge in [-0.05, 0) is 18.2 Å². The van der Waals surface area contributed by atoms with Crippen LogP contribution in [0.5, 0.6) is 0 Å². The van der Waals surface area contributed by atoms with Crippen molar-refractivity contribution in [2.75, 3.05) is 5.73 Å². The van der Waals surface area contributed by atoms with Crippen molar-refractivity contribution >= 4 is 17.5 Å². The molecule has 3 nitrogen and oxygen atoms in total. The lowest BCUT2D eigenvalue weighted by Crippen LogP contribution is -2.00. The number of hydrogen-bond acceptors (Lipinski definition) is 2. The average molecular weight is 212 g/mol. The molecular weight excluding hydrogens is 205 g/mol. The van der Waals surface area contributed by atoms with Crippen LogP contribution in [-0.2, 0) is 0 Å². The molecule has 1 aromatic heterocycles. The summed E-state index contributed by atoms with van der Waals surface area (Å²) in [6.45, 7) is 0. The van der Waals surface area contributed by atoms with Gasteiger partial charge in [-0.1, -0.05) is 11.6 Å². The number of rotatable bonds is 1. The molecule has 2 N–H and O–H groups in total. The number of benzene rings is 1. The van der Waals surface area contributed by atoms with E-state index in [1.807, 2.05) is 0 Å². The number of nitrogens with two attached hydrogens (primary N) is 1. The Hall–Kier alpha value is -1.55. The van der Waals surface area contributed by atoms with E-state index in [-0.39, 0.29) is 11.8 Å². The molecule has 0 aliphatic rings. The van der Waals surface area contributed by atoms with Gasteiger partial charge in [0, 0.05) is 12.4 Å². The Kier molecular flexibility index (Phi) is 2.13. The molecule has 72 valence electrons. The highest BCUT2D eigenvalue weighted by molar-refractivity contribution is 6.32. The summed E-state index contributed by atoms with van der Waals surface area (Å²) >= 11 is 5.89. The predicted octanol–water partition coefficient (Wildman–Crippen LogP) is 2.25. The Balaban J connectivity index is 2.62. The molecule has 0 radical (unpaired) electrons. The van der Waals surface area contributed by atoms with Gasteiger partial charge in [-0.3, -0.25) is 4.57 Å². The Bertz CT molecular complexity index is 467. The van der Waals surface area contributed by atoms with Crippen molar-refractivity contribution in [3.8, 4) is 5.69 Å². The molecule has 0 amide bonds. The first-order chi connectivity index (χ1) is 6.68. The molecule has 1 aromatic carbocycles. The van der Waals surface area contributed by atoms with E-state index in [9.17, 15) is 4.39 Å². The fourth-order valence-electron chi connectivity index (χ4n) is 1.19. The molecule has 0 unspecified atom stereocenters. The van der Waals surface area contributed by atoms with Gasteiger partial charge >= 0.3 is 0 Å². The molecule has 2 rings (SSSR count). The summed E-state index contributed by atoms with van der Waals surface area (Å²) in [6.07, 6.45) is 3.15. The van der Waals surface area contributed by atoms with Crippen molar-refractivity contribution in [3.05, 3.63) is 41.4 Å². The maximum absolute atomic E-state index is 12.9. The summed E-state index contributed by atoms with van der Waals surface area (Å²) in [6, 6.07) is 4.07. The number of halogens is 2. The largest absolute Gasteiger partial charge is 0.369 e. The molecule has 0 atom stereocenters. The highest BCUT2D eigenvalue weighted by Crippen LogP contribution is 2.22. The van der Waals surface area contributed by atoms with Gasteiger partial charge in [-0.25, -0.2) is 9.37 Å². The molecule has 14 heavy (non-hydrogen) atoms. The second-order valence-corrected chi connectivity index (χ2v) is 3.16. The molecule has 5 heteroatoms. The van der Waals surface area contributed by atoms with Crippen molar-refractivity contribution in [3.63, 3.8) is 0 Å². The summed E-state index contributed by atoms with van der Waals surface area (Å²) in [7, 11) is 0. The second-order valence-electron chi connectivity index (χ2n) is 2.75. The van der Waals surface area contributed by atoms with Gasteiger partial charge in [-0.2, -0.15) is 0 Å². The zero-order valence-electron chi connectivity index (χ0n) is 7.11. The number of aromatic nitrogens is 2. The Morgan fingerprint density at radius 2 is 2.21 bits per heavy atom. The monoisotopic (exact) mass is 211 g/mol. The van der Waals surface area contributed by atoms with Crippen LogP contribution in [0.15, 0.2) is 30.6 Å². The van der Waals surface area contributed by atoms with Crippen LogP contribution in [0, 0.1) is 5.82 Å². The number of nitrogen functional groups attached to an aromatic ring is 1. The number of nitrogens with zero attached hydrogens (tertiary/aromatic N) is 2. The van der Waals surface area contributed by atoms with Gasteiger partial charge < -0.3 is 5.73 Å². The Morgan fingerprint density at radius 3 is 2.86 bits per heavy atom. The van der Waals surface area contributed by atoms with E-state index in [2.05, 4.69) is 4.98 Å². The van der Waals surface area contributed by atoms with Gasteiger partial charge in [0.25, 0.3) is 0 Å². The minimum atomic E-state index is -0.363. The van der Waals surface area contributed by atoms with Crippen LogP contribution < -0.4 is 5.73 Å². The van der Waals surface area contributed by atoms with Crippen LogP contribution in [0.4, 0.5) is 10.3 Å². The molecule has 1 heterocycles. The second kappa shape index (κ2) is 3.31. The highest BCUT2D eigenvalue weighted by Gasteiger charge is 2.06. The van der Waals surface area contributed by atoms with Gasteiger partial charge in [0.15, 0.2) is 0 Å². The third-order valence-electron chi connectivity index (χ3n) is 1.84. The summed E-state index contributed by atoms with van der Waals surface area (Å²) < 4.78 is 14.5. The zero-order chi connectivity index (χ0) is 10.1. The number of hydrogen-bond donors (Lipinski definition) is 1. The summed E-state index contributed by atoms with van der Waals surface area (Å²) in [4.78, 5) is 3.82. The lowest BCUT2D eigenvalue weighted by atomic mass is 10.3. The van der Waals surface area contributed by atoms with Gasteiger partial charge in [-0.15, -0.1) is 0 Å². The van der Waals surface area contributed by atoms with Crippen LogP contribution in [0.3, 0.4) is 0 Å². The molecule has 0 bridgehead atoms. The molecule has 2 aromatic rings. The zero-order valence-corrected chi connectivity index (χ0v) is 7.87. The fraction of sp³-hybridized carbons (Fsp3) is 0. The minimum absolute atomic E-state index is 0.275. The van der Waals surface area contributed by atoms with Crippen LogP contribution in [0.2, 0.25) is 5.02 Å². The van der Waals surface area contributed by atoms with Crippen LogP contribution in [0.25, 0.3) is 5.69 Å². The number of imidazole rings is 1.